The van der Waals surface area contributed by atoms with Crippen LogP contribution in [0.2, 0.25) is 0 Å². The molecule has 130 valence electrons. The van der Waals surface area contributed by atoms with Crippen LogP contribution in [0.25, 0.3) is 11.0 Å². The molecule has 3 rings (SSSR count). The maximum Gasteiger partial charge on any atom is 0.336 e. The first-order valence-electron chi connectivity index (χ1n) is 8.12. The summed E-state index contributed by atoms with van der Waals surface area (Å²) in [5.74, 6) is 0. The van der Waals surface area contributed by atoms with Gasteiger partial charge in [-0.15, -0.1) is 0 Å². The number of aryl methyl sites for hydroxylation is 2. The highest BCUT2D eigenvalue weighted by Crippen LogP contribution is 2.26. The molecule has 0 unspecified atom stereocenters. The molecule has 1 N–H and O–H groups in total. The van der Waals surface area contributed by atoms with E-state index in [1.807, 2.05) is 32.0 Å². The first kappa shape index (κ1) is 17.2. The van der Waals surface area contributed by atoms with E-state index in [2.05, 4.69) is 4.72 Å². The van der Waals surface area contributed by atoms with Crippen molar-refractivity contribution in [2.75, 3.05) is 4.72 Å². The monoisotopic (exact) mass is 357 g/mol. The lowest BCUT2D eigenvalue weighted by Crippen LogP contribution is -2.15. The van der Waals surface area contributed by atoms with Crippen LogP contribution in [0.5, 0.6) is 0 Å². The number of rotatable bonds is 5. The van der Waals surface area contributed by atoms with Gasteiger partial charge >= 0.3 is 5.63 Å². The summed E-state index contributed by atoms with van der Waals surface area (Å²) in [5, 5.41) is 0.557. The smallest absolute Gasteiger partial charge is 0.336 e. The first-order valence-corrected chi connectivity index (χ1v) is 9.60. The molecule has 25 heavy (non-hydrogen) atoms. The number of hydrogen-bond acceptors (Lipinski definition) is 4. The number of fused-ring (bicyclic) bond motifs is 1. The van der Waals surface area contributed by atoms with Gasteiger partial charge in [-0.3, -0.25) is 4.72 Å². The number of benzene rings is 2. The maximum absolute atomic E-state index is 12.8. The molecule has 0 atom stereocenters. The van der Waals surface area contributed by atoms with Gasteiger partial charge in [0, 0.05) is 11.5 Å². The molecule has 0 fully saturated rings. The van der Waals surface area contributed by atoms with Gasteiger partial charge in [-0.2, -0.15) is 0 Å². The van der Waals surface area contributed by atoms with E-state index in [-0.39, 0.29) is 4.90 Å². The summed E-state index contributed by atoms with van der Waals surface area (Å²) >= 11 is 0. The van der Waals surface area contributed by atoms with Gasteiger partial charge in [-0.1, -0.05) is 32.0 Å². The highest BCUT2D eigenvalue weighted by atomic mass is 32.2. The van der Waals surface area contributed by atoms with Crippen LogP contribution in [-0.4, -0.2) is 8.42 Å². The second-order valence-electron chi connectivity index (χ2n) is 5.72. The minimum atomic E-state index is -3.75. The Bertz CT molecular complexity index is 1060. The Hall–Kier alpha value is -2.60. The molecule has 0 amide bonds. The minimum Gasteiger partial charge on any atom is -0.423 e. The number of anilines is 1. The van der Waals surface area contributed by atoms with E-state index >= 15 is 0 Å². The van der Waals surface area contributed by atoms with Crippen molar-refractivity contribution in [1.82, 2.24) is 0 Å². The van der Waals surface area contributed by atoms with Crippen LogP contribution in [-0.2, 0) is 22.9 Å². The number of nitrogens with one attached hydrogen (secondary N) is 1. The second kappa shape index (κ2) is 6.72. The fourth-order valence-electron chi connectivity index (χ4n) is 2.78. The third-order valence-electron chi connectivity index (χ3n) is 4.14. The van der Waals surface area contributed by atoms with Gasteiger partial charge in [0.05, 0.1) is 10.6 Å². The van der Waals surface area contributed by atoms with Crippen molar-refractivity contribution >= 4 is 26.7 Å². The van der Waals surface area contributed by atoms with Crippen LogP contribution < -0.4 is 10.3 Å². The van der Waals surface area contributed by atoms with E-state index in [1.54, 1.807) is 6.07 Å². The molecule has 2 aromatic carbocycles. The number of sulfonamides is 1. The topological polar surface area (TPSA) is 76.4 Å². The SMILES string of the molecule is CCc1cccc(CC)c1NS(=O)(=O)c1ccc2oc(=O)ccc2c1. The maximum atomic E-state index is 12.8. The average Bonchev–Trinajstić information content (AvgIpc) is 2.61. The van der Waals surface area contributed by atoms with Crippen molar-refractivity contribution in [2.45, 2.75) is 31.6 Å². The molecule has 0 saturated carbocycles. The van der Waals surface area contributed by atoms with E-state index in [4.69, 9.17) is 4.42 Å². The Balaban J connectivity index is 2.06. The Morgan fingerprint density at radius 1 is 0.960 bits per heavy atom. The van der Waals surface area contributed by atoms with E-state index in [1.165, 1.54) is 24.3 Å². The van der Waals surface area contributed by atoms with Crippen molar-refractivity contribution < 1.29 is 12.8 Å². The van der Waals surface area contributed by atoms with Gasteiger partial charge in [0.1, 0.15) is 5.58 Å². The van der Waals surface area contributed by atoms with Crippen LogP contribution in [0.1, 0.15) is 25.0 Å². The normalized spacial score (nSPS) is 11.6. The van der Waals surface area contributed by atoms with Crippen molar-refractivity contribution in [3.05, 3.63) is 70.1 Å². The molecule has 3 aromatic rings. The largest absolute Gasteiger partial charge is 0.423 e. The summed E-state index contributed by atoms with van der Waals surface area (Å²) in [5.41, 5.74) is 2.44. The Kier molecular flexibility index (Phi) is 4.63. The predicted molar refractivity (Wildman–Crippen MR) is 98.5 cm³/mol. The van der Waals surface area contributed by atoms with E-state index in [0.717, 1.165) is 24.0 Å². The molecule has 0 aliphatic rings. The zero-order chi connectivity index (χ0) is 18.0. The van der Waals surface area contributed by atoms with E-state index in [0.29, 0.717) is 16.7 Å². The molecule has 6 heteroatoms. The van der Waals surface area contributed by atoms with Crippen LogP contribution in [0.15, 0.2) is 62.6 Å². The average molecular weight is 357 g/mol. The van der Waals surface area contributed by atoms with Gasteiger partial charge in [0.15, 0.2) is 0 Å². The van der Waals surface area contributed by atoms with Gasteiger partial charge in [0.25, 0.3) is 10.0 Å². The van der Waals surface area contributed by atoms with Gasteiger partial charge in [-0.05, 0) is 48.2 Å². The number of para-hydroxylation sites is 1. The zero-order valence-corrected chi connectivity index (χ0v) is 14.9. The van der Waals surface area contributed by atoms with Gasteiger partial charge in [0.2, 0.25) is 0 Å². The molecule has 1 heterocycles. The predicted octanol–water partition coefficient (Wildman–Crippen LogP) is 3.72. The highest BCUT2D eigenvalue weighted by Gasteiger charge is 2.18. The minimum absolute atomic E-state index is 0.127. The van der Waals surface area contributed by atoms with Crippen molar-refractivity contribution in [2.24, 2.45) is 0 Å². The van der Waals surface area contributed by atoms with E-state index < -0.39 is 15.6 Å². The Morgan fingerprint density at radius 3 is 2.28 bits per heavy atom. The molecule has 0 radical (unpaired) electrons. The van der Waals surface area contributed by atoms with Crippen molar-refractivity contribution in [1.29, 1.82) is 0 Å². The van der Waals surface area contributed by atoms with Crippen molar-refractivity contribution in [3.63, 3.8) is 0 Å². The summed E-state index contributed by atoms with van der Waals surface area (Å²) < 4.78 is 33.5. The van der Waals surface area contributed by atoms with Crippen LogP contribution >= 0.6 is 0 Å². The molecule has 1 aromatic heterocycles. The molecule has 0 aliphatic heterocycles. The summed E-state index contributed by atoms with van der Waals surface area (Å²) in [6.07, 6.45) is 1.46. The summed E-state index contributed by atoms with van der Waals surface area (Å²) in [7, 11) is -3.75. The standard InChI is InChI=1S/C19H19NO4S/c1-3-13-6-5-7-14(4-2)19(13)20-25(22,23)16-9-10-17-15(12-16)8-11-18(21)24-17/h5-12,20H,3-4H2,1-2H3. The number of hydrogen-bond donors (Lipinski definition) is 1. The lowest BCUT2D eigenvalue weighted by molar-refractivity contribution is 0.560. The first-order chi connectivity index (χ1) is 11.9. The second-order valence-corrected chi connectivity index (χ2v) is 7.40. The fraction of sp³-hybridized carbons (Fsp3) is 0.211. The van der Waals surface area contributed by atoms with Crippen molar-refractivity contribution in [3.8, 4) is 0 Å². The third kappa shape index (κ3) is 3.44. The molecule has 0 spiro atoms. The molecular weight excluding hydrogens is 338 g/mol. The summed E-state index contributed by atoms with van der Waals surface area (Å²) in [4.78, 5) is 11.4. The lowest BCUT2D eigenvalue weighted by atomic mass is 10.0. The fourth-order valence-corrected chi connectivity index (χ4v) is 3.96. The molecular formula is C19H19NO4S. The van der Waals surface area contributed by atoms with Crippen LogP contribution in [0, 0.1) is 0 Å². The highest BCUT2D eigenvalue weighted by molar-refractivity contribution is 7.92. The molecule has 5 nitrogen and oxygen atoms in total. The molecule has 0 aliphatic carbocycles. The van der Waals surface area contributed by atoms with Crippen LogP contribution in [0.3, 0.4) is 0 Å². The van der Waals surface area contributed by atoms with Gasteiger partial charge in [-0.25, -0.2) is 13.2 Å². The molecule has 0 bridgehead atoms. The van der Waals surface area contributed by atoms with Gasteiger partial charge < -0.3 is 4.42 Å². The Labute approximate surface area is 146 Å². The quantitative estimate of drug-likeness (QED) is 0.706. The lowest BCUT2D eigenvalue weighted by Gasteiger charge is -2.16. The Morgan fingerprint density at radius 2 is 1.64 bits per heavy atom. The third-order valence-corrected chi connectivity index (χ3v) is 5.48. The van der Waals surface area contributed by atoms with Crippen LogP contribution in [0.4, 0.5) is 5.69 Å². The summed E-state index contributed by atoms with van der Waals surface area (Å²) in [6.45, 7) is 3.98. The summed E-state index contributed by atoms with van der Waals surface area (Å²) in [6, 6.07) is 13.0. The van der Waals surface area contributed by atoms with E-state index in [9.17, 15) is 13.2 Å². The molecule has 0 saturated heterocycles. The zero-order valence-electron chi connectivity index (χ0n) is 14.1.